The predicted octanol–water partition coefficient (Wildman–Crippen LogP) is 4.76. The minimum Gasteiger partial charge on any atom is -0.340 e. The molecule has 5 heteroatoms. The highest BCUT2D eigenvalue weighted by molar-refractivity contribution is 9.10. The van der Waals surface area contributed by atoms with Crippen molar-refractivity contribution in [3.63, 3.8) is 0 Å². The van der Waals surface area contributed by atoms with Crippen LogP contribution in [0.1, 0.15) is 35.9 Å². The van der Waals surface area contributed by atoms with Crippen molar-refractivity contribution in [1.29, 1.82) is 0 Å². The molecular weight excluding hydrogens is 352 g/mol. The first-order chi connectivity index (χ1) is 9.88. The van der Waals surface area contributed by atoms with E-state index >= 15 is 0 Å². The van der Waals surface area contributed by atoms with Crippen LogP contribution in [0, 0.1) is 0 Å². The average molecular weight is 370 g/mol. The Hall–Kier alpha value is -1.26. The molecule has 1 heterocycles. The number of aromatic nitrogens is 1. The summed E-state index contributed by atoms with van der Waals surface area (Å²) in [5.74, 6) is 0.00403. The van der Waals surface area contributed by atoms with E-state index in [1.807, 2.05) is 48.1 Å². The third kappa shape index (κ3) is 3.89. The van der Waals surface area contributed by atoms with Crippen LogP contribution in [-0.4, -0.2) is 22.4 Å². The van der Waals surface area contributed by atoms with E-state index in [0.29, 0.717) is 17.3 Å². The molecule has 0 radical (unpaired) electrons. The lowest BCUT2D eigenvalue weighted by Gasteiger charge is -2.20. The van der Waals surface area contributed by atoms with E-state index in [9.17, 15) is 4.79 Å². The molecule has 0 unspecified atom stereocenters. The van der Waals surface area contributed by atoms with Crippen molar-refractivity contribution < 1.29 is 4.79 Å². The molecule has 112 valence electrons. The van der Waals surface area contributed by atoms with Gasteiger partial charge in [0.05, 0.1) is 0 Å². The van der Waals surface area contributed by atoms with Crippen molar-refractivity contribution in [2.24, 2.45) is 0 Å². The monoisotopic (exact) mass is 368 g/mol. The Morgan fingerprint density at radius 3 is 2.52 bits per heavy atom. The maximum atomic E-state index is 12.6. The van der Waals surface area contributed by atoms with Gasteiger partial charge in [-0.15, -0.1) is 0 Å². The molecule has 0 bridgehead atoms. The Labute approximate surface area is 138 Å². The van der Waals surface area contributed by atoms with Gasteiger partial charge in [-0.25, -0.2) is 0 Å². The molecule has 0 aliphatic rings. The summed E-state index contributed by atoms with van der Waals surface area (Å²) < 4.78 is 2.89. The summed E-state index contributed by atoms with van der Waals surface area (Å²) in [5, 5.41) is 0.699. The fraction of sp³-hybridized carbons (Fsp3) is 0.312. The van der Waals surface area contributed by atoms with Gasteiger partial charge in [-0.2, -0.15) is 0 Å². The molecule has 0 fully saturated rings. The van der Waals surface area contributed by atoms with Crippen LogP contribution in [0.4, 0.5) is 0 Å². The molecule has 0 N–H and O–H groups in total. The lowest BCUT2D eigenvalue weighted by atomic mass is 10.2. The quantitative estimate of drug-likeness (QED) is 0.763. The number of benzene rings is 1. The van der Waals surface area contributed by atoms with Gasteiger partial charge in [-0.3, -0.25) is 4.79 Å². The maximum Gasteiger partial charge on any atom is 0.270 e. The summed E-state index contributed by atoms with van der Waals surface area (Å²) >= 11 is 9.31. The van der Waals surface area contributed by atoms with Gasteiger partial charge in [0.2, 0.25) is 0 Å². The van der Waals surface area contributed by atoms with E-state index in [0.717, 1.165) is 10.0 Å². The smallest absolute Gasteiger partial charge is 0.270 e. The number of carbonyl (C=O) groups is 1. The summed E-state index contributed by atoms with van der Waals surface area (Å²) in [6.45, 7) is 4.67. The summed E-state index contributed by atoms with van der Waals surface area (Å²) in [4.78, 5) is 14.3. The minimum atomic E-state index is 0.00403. The molecule has 2 aromatic rings. The highest BCUT2D eigenvalue weighted by Gasteiger charge is 2.18. The van der Waals surface area contributed by atoms with Crippen molar-refractivity contribution in [3.05, 3.63) is 57.3 Å². The molecule has 2 rings (SSSR count). The second kappa shape index (κ2) is 6.67. The number of hydrogen-bond acceptors (Lipinski definition) is 1. The largest absolute Gasteiger partial charge is 0.340 e. The third-order valence-corrected chi connectivity index (χ3v) is 3.96. The molecule has 0 saturated heterocycles. The fourth-order valence-corrected chi connectivity index (χ4v) is 2.74. The Morgan fingerprint density at radius 2 is 1.95 bits per heavy atom. The SMILES string of the molecule is CC(C)n1cc(Br)cc1C(=O)N(C)Cc1ccc(Cl)cc1. The van der Waals surface area contributed by atoms with Gasteiger partial charge in [-0.05, 0) is 53.5 Å². The molecule has 0 aliphatic heterocycles. The number of amides is 1. The van der Waals surface area contributed by atoms with Crippen LogP contribution < -0.4 is 0 Å². The third-order valence-electron chi connectivity index (χ3n) is 3.27. The van der Waals surface area contributed by atoms with Crippen LogP contribution in [0.5, 0.6) is 0 Å². The maximum absolute atomic E-state index is 12.6. The van der Waals surface area contributed by atoms with Gasteiger partial charge in [0.15, 0.2) is 0 Å². The van der Waals surface area contributed by atoms with Gasteiger partial charge in [0.25, 0.3) is 5.91 Å². The van der Waals surface area contributed by atoms with E-state index in [2.05, 4.69) is 29.8 Å². The fourth-order valence-electron chi connectivity index (χ4n) is 2.18. The number of halogens is 2. The van der Waals surface area contributed by atoms with Crippen LogP contribution in [0.15, 0.2) is 41.0 Å². The Kier molecular flexibility index (Phi) is 5.12. The van der Waals surface area contributed by atoms with E-state index in [-0.39, 0.29) is 11.9 Å². The first-order valence-electron chi connectivity index (χ1n) is 6.75. The summed E-state index contributed by atoms with van der Waals surface area (Å²) in [7, 11) is 1.81. The highest BCUT2D eigenvalue weighted by atomic mass is 79.9. The van der Waals surface area contributed by atoms with Gasteiger partial charge in [0.1, 0.15) is 5.69 Å². The Bertz CT molecular complexity index is 634. The van der Waals surface area contributed by atoms with Crippen molar-refractivity contribution in [1.82, 2.24) is 9.47 Å². The minimum absolute atomic E-state index is 0.00403. The van der Waals surface area contributed by atoms with E-state index < -0.39 is 0 Å². The van der Waals surface area contributed by atoms with Crippen molar-refractivity contribution in [2.75, 3.05) is 7.05 Å². The predicted molar refractivity (Wildman–Crippen MR) is 89.8 cm³/mol. The molecule has 0 saturated carbocycles. The molecular formula is C16H18BrClN2O. The zero-order chi connectivity index (χ0) is 15.6. The van der Waals surface area contributed by atoms with Gasteiger partial charge in [-0.1, -0.05) is 23.7 Å². The van der Waals surface area contributed by atoms with E-state index in [1.54, 1.807) is 4.90 Å². The second-order valence-corrected chi connectivity index (χ2v) is 6.68. The molecule has 21 heavy (non-hydrogen) atoms. The van der Waals surface area contributed by atoms with E-state index in [4.69, 9.17) is 11.6 Å². The first-order valence-corrected chi connectivity index (χ1v) is 7.93. The highest BCUT2D eigenvalue weighted by Crippen LogP contribution is 2.21. The molecule has 3 nitrogen and oxygen atoms in total. The number of carbonyl (C=O) groups excluding carboxylic acids is 1. The van der Waals surface area contributed by atoms with Crippen LogP contribution in [0.2, 0.25) is 5.02 Å². The normalized spacial score (nSPS) is 11.0. The number of rotatable bonds is 4. The standard InChI is InChI=1S/C16H18BrClN2O/c1-11(2)20-10-13(17)8-15(20)16(21)19(3)9-12-4-6-14(18)7-5-12/h4-8,10-11H,9H2,1-3H3. The van der Waals surface area contributed by atoms with Crippen LogP contribution in [0.25, 0.3) is 0 Å². The van der Waals surface area contributed by atoms with Gasteiger partial charge >= 0.3 is 0 Å². The molecule has 0 aliphatic carbocycles. The summed E-state index contributed by atoms with van der Waals surface area (Å²) in [5.41, 5.74) is 1.74. The summed E-state index contributed by atoms with van der Waals surface area (Å²) in [6.07, 6.45) is 1.94. The van der Waals surface area contributed by atoms with E-state index in [1.165, 1.54) is 0 Å². The number of nitrogens with zero attached hydrogens (tertiary/aromatic N) is 2. The Morgan fingerprint density at radius 1 is 1.33 bits per heavy atom. The Balaban J connectivity index is 2.17. The zero-order valence-electron chi connectivity index (χ0n) is 12.3. The second-order valence-electron chi connectivity index (χ2n) is 5.33. The summed E-state index contributed by atoms with van der Waals surface area (Å²) in [6, 6.07) is 9.64. The van der Waals surface area contributed by atoms with Crippen molar-refractivity contribution >= 4 is 33.4 Å². The molecule has 1 aromatic carbocycles. The van der Waals surface area contributed by atoms with Crippen molar-refractivity contribution in [3.8, 4) is 0 Å². The average Bonchev–Trinajstić information content (AvgIpc) is 2.82. The van der Waals surface area contributed by atoms with Crippen LogP contribution >= 0.6 is 27.5 Å². The zero-order valence-corrected chi connectivity index (χ0v) is 14.6. The topological polar surface area (TPSA) is 25.2 Å². The van der Waals surface area contributed by atoms with Crippen LogP contribution in [-0.2, 0) is 6.54 Å². The van der Waals surface area contributed by atoms with Gasteiger partial charge in [0, 0.05) is 35.3 Å². The molecule has 0 spiro atoms. The lowest BCUT2D eigenvalue weighted by molar-refractivity contribution is 0.0772. The van der Waals surface area contributed by atoms with Crippen LogP contribution in [0.3, 0.4) is 0 Å². The first kappa shape index (κ1) is 16.1. The van der Waals surface area contributed by atoms with Gasteiger partial charge < -0.3 is 9.47 Å². The molecule has 1 amide bonds. The molecule has 1 aromatic heterocycles. The molecule has 0 atom stereocenters. The van der Waals surface area contributed by atoms with Crippen molar-refractivity contribution in [2.45, 2.75) is 26.4 Å². The lowest BCUT2D eigenvalue weighted by Crippen LogP contribution is -2.28. The number of hydrogen-bond donors (Lipinski definition) is 0.